The molecule has 1 amide bonds. The van der Waals surface area contributed by atoms with Gasteiger partial charge >= 0.3 is 5.97 Å². The van der Waals surface area contributed by atoms with Crippen molar-refractivity contribution in [2.75, 3.05) is 19.0 Å². The molecule has 0 saturated heterocycles. The van der Waals surface area contributed by atoms with Crippen molar-refractivity contribution in [1.82, 2.24) is 0 Å². The number of anilines is 1. The monoisotopic (exact) mass is 519 g/mol. The van der Waals surface area contributed by atoms with Crippen LogP contribution in [-0.2, 0) is 27.8 Å². The fourth-order valence-electron chi connectivity index (χ4n) is 5.03. The molecule has 0 saturated carbocycles. The molecule has 1 unspecified atom stereocenters. The fraction of sp³-hybridized carbons (Fsp3) is 0.419. The molecule has 37 heavy (non-hydrogen) atoms. The summed E-state index contributed by atoms with van der Waals surface area (Å²) < 4.78 is 10.8. The first-order valence-electron chi connectivity index (χ1n) is 12.8. The normalized spacial score (nSPS) is 15.6. The molecule has 0 radical (unpaired) electrons. The summed E-state index contributed by atoms with van der Waals surface area (Å²) in [5, 5.41) is 3.47. The Balaban J connectivity index is 1.43. The Morgan fingerprint density at radius 3 is 2.24 bits per heavy atom. The van der Waals surface area contributed by atoms with Crippen molar-refractivity contribution in [2.24, 2.45) is 11.3 Å². The molecule has 1 N–H and O–H groups in total. The summed E-state index contributed by atoms with van der Waals surface area (Å²) in [5.74, 6) is 0.449. The Bertz CT molecular complexity index is 1250. The third-order valence-corrected chi connectivity index (χ3v) is 8.74. The van der Waals surface area contributed by atoms with Crippen molar-refractivity contribution in [3.8, 4) is 5.75 Å². The first-order valence-corrected chi connectivity index (χ1v) is 13.6. The van der Waals surface area contributed by atoms with E-state index in [1.165, 1.54) is 28.9 Å². The van der Waals surface area contributed by atoms with E-state index in [1.54, 1.807) is 0 Å². The van der Waals surface area contributed by atoms with Crippen molar-refractivity contribution in [1.29, 1.82) is 0 Å². The number of methoxy groups -OCH3 is 1. The summed E-state index contributed by atoms with van der Waals surface area (Å²) in [6.07, 6.45) is 2.74. The van der Waals surface area contributed by atoms with Gasteiger partial charge in [0.2, 0.25) is 0 Å². The van der Waals surface area contributed by atoms with E-state index in [1.807, 2.05) is 42.5 Å². The molecule has 1 atom stereocenters. The van der Waals surface area contributed by atoms with E-state index in [2.05, 4.69) is 52.1 Å². The van der Waals surface area contributed by atoms with Crippen LogP contribution in [0.15, 0.2) is 54.6 Å². The molecule has 0 fully saturated rings. The zero-order chi connectivity index (χ0) is 26.8. The van der Waals surface area contributed by atoms with Crippen molar-refractivity contribution in [3.63, 3.8) is 0 Å². The molecule has 196 valence electrons. The van der Waals surface area contributed by atoms with Gasteiger partial charge in [0.05, 0.1) is 12.7 Å². The molecular weight excluding hydrogens is 482 g/mol. The van der Waals surface area contributed by atoms with E-state index in [-0.39, 0.29) is 23.3 Å². The first-order chi connectivity index (χ1) is 17.5. The molecule has 0 bridgehead atoms. The standard InChI is InChI=1S/C31H37NO4S/c1-30(2,3)22-14-17-24-25(18-22)37-28(27(24)29(34)35-6)32-26(33)19-36-23-15-12-21(13-16-23)31(4,5)20-10-8-7-9-11-20/h7-13,15-16,22H,14,17-19H2,1-6H3,(H,32,33). The third kappa shape index (κ3) is 5.90. The van der Waals surface area contributed by atoms with Crippen molar-refractivity contribution in [2.45, 2.75) is 59.3 Å². The molecular formula is C31H37NO4S. The zero-order valence-corrected chi connectivity index (χ0v) is 23.5. The maximum absolute atomic E-state index is 12.8. The summed E-state index contributed by atoms with van der Waals surface area (Å²) in [6.45, 7) is 11.0. The number of hydrogen-bond acceptors (Lipinski definition) is 5. The number of thiophene rings is 1. The molecule has 4 rings (SSSR count). The van der Waals surface area contributed by atoms with Gasteiger partial charge in [0, 0.05) is 10.3 Å². The molecule has 2 aromatic carbocycles. The van der Waals surface area contributed by atoms with Crippen LogP contribution in [0.4, 0.5) is 5.00 Å². The molecule has 0 spiro atoms. The second kappa shape index (κ2) is 10.7. The number of hydrogen-bond donors (Lipinski definition) is 1. The minimum Gasteiger partial charge on any atom is -0.484 e. The summed E-state index contributed by atoms with van der Waals surface area (Å²) in [7, 11) is 1.38. The second-order valence-corrected chi connectivity index (χ2v) is 12.5. The van der Waals surface area contributed by atoms with Crippen LogP contribution in [0.5, 0.6) is 5.75 Å². The maximum Gasteiger partial charge on any atom is 0.341 e. The number of carbonyl (C=O) groups excluding carboxylic acids is 2. The highest BCUT2D eigenvalue weighted by molar-refractivity contribution is 7.17. The number of esters is 1. The van der Waals surface area contributed by atoms with E-state index in [0.717, 1.165) is 30.4 Å². The molecule has 3 aromatic rings. The van der Waals surface area contributed by atoms with Crippen molar-refractivity contribution in [3.05, 3.63) is 81.7 Å². The van der Waals surface area contributed by atoms with Gasteiger partial charge in [0.15, 0.2) is 6.61 Å². The molecule has 6 heteroatoms. The Hall–Kier alpha value is -3.12. The van der Waals surface area contributed by atoms with Crippen molar-refractivity contribution >= 4 is 28.2 Å². The highest BCUT2D eigenvalue weighted by Gasteiger charge is 2.34. The quantitative estimate of drug-likeness (QED) is 0.340. The van der Waals surface area contributed by atoms with Crippen LogP contribution in [-0.4, -0.2) is 25.6 Å². The number of fused-ring (bicyclic) bond motifs is 1. The summed E-state index contributed by atoms with van der Waals surface area (Å²) in [4.78, 5) is 26.6. The topological polar surface area (TPSA) is 64.6 Å². The van der Waals surface area contributed by atoms with Gasteiger partial charge in [0.1, 0.15) is 10.8 Å². The number of amides is 1. The summed E-state index contributed by atoms with van der Waals surface area (Å²) in [6, 6.07) is 18.2. The average Bonchev–Trinajstić information content (AvgIpc) is 3.24. The number of carbonyl (C=O) groups is 2. The van der Waals surface area contributed by atoms with Gasteiger partial charge in [-0.15, -0.1) is 11.3 Å². The van der Waals surface area contributed by atoms with Crippen LogP contribution in [0, 0.1) is 11.3 Å². The molecule has 1 heterocycles. The number of nitrogens with one attached hydrogen (secondary N) is 1. The Labute approximate surface area is 224 Å². The smallest absolute Gasteiger partial charge is 0.341 e. The lowest BCUT2D eigenvalue weighted by Crippen LogP contribution is -2.26. The van der Waals surface area contributed by atoms with Gasteiger partial charge in [-0.05, 0) is 59.4 Å². The van der Waals surface area contributed by atoms with E-state index in [0.29, 0.717) is 22.2 Å². The number of benzene rings is 2. The van der Waals surface area contributed by atoms with Crippen LogP contribution in [0.2, 0.25) is 0 Å². The SMILES string of the molecule is COC(=O)c1c(NC(=O)COc2ccc(C(C)(C)c3ccccc3)cc2)sc2c1CCC(C(C)(C)C)C2. The minimum absolute atomic E-state index is 0.144. The van der Waals surface area contributed by atoms with Crippen LogP contribution in [0.1, 0.15) is 73.0 Å². The largest absolute Gasteiger partial charge is 0.484 e. The van der Waals surface area contributed by atoms with Crippen LogP contribution in [0.3, 0.4) is 0 Å². The zero-order valence-electron chi connectivity index (χ0n) is 22.6. The maximum atomic E-state index is 12.8. The predicted octanol–water partition coefficient (Wildman–Crippen LogP) is 7.03. The average molecular weight is 520 g/mol. The van der Waals surface area contributed by atoms with Gasteiger partial charge in [-0.2, -0.15) is 0 Å². The molecule has 1 aliphatic rings. The van der Waals surface area contributed by atoms with Gasteiger partial charge in [-0.25, -0.2) is 4.79 Å². The highest BCUT2D eigenvalue weighted by Crippen LogP contribution is 2.44. The molecule has 5 nitrogen and oxygen atoms in total. The number of rotatable bonds is 7. The van der Waals surface area contributed by atoms with E-state index in [4.69, 9.17) is 9.47 Å². The van der Waals surface area contributed by atoms with E-state index < -0.39 is 5.97 Å². The van der Waals surface area contributed by atoms with Crippen LogP contribution in [0.25, 0.3) is 0 Å². The lowest BCUT2D eigenvalue weighted by molar-refractivity contribution is -0.118. The number of ether oxygens (including phenoxy) is 2. The van der Waals surface area contributed by atoms with Gasteiger partial charge in [0.25, 0.3) is 5.91 Å². The molecule has 1 aromatic heterocycles. The van der Waals surface area contributed by atoms with Crippen LogP contribution < -0.4 is 10.1 Å². The molecule has 1 aliphatic carbocycles. The van der Waals surface area contributed by atoms with E-state index >= 15 is 0 Å². The Morgan fingerprint density at radius 2 is 1.62 bits per heavy atom. The van der Waals surface area contributed by atoms with Gasteiger partial charge in [-0.1, -0.05) is 77.1 Å². The summed E-state index contributed by atoms with van der Waals surface area (Å²) in [5.41, 5.74) is 3.95. The highest BCUT2D eigenvalue weighted by atomic mass is 32.1. The van der Waals surface area contributed by atoms with Crippen LogP contribution >= 0.6 is 11.3 Å². The third-order valence-electron chi connectivity index (χ3n) is 7.57. The summed E-state index contributed by atoms with van der Waals surface area (Å²) >= 11 is 1.49. The first kappa shape index (κ1) is 26.9. The van der Waals surface area contributed by atoms with E-state index in [9.17, 15) is 9.59 Å². The van der Waals surface area contributed by atoms with Gasteiger partial charge < -0.3 is 14.8 Å². The van der Waals surface area contributed by atoms with Crippen molar-refractivity contribution < 1.29 is 19.1 Å². The molecule has 0 aliphatic heterocycles. The lowest BCUT2D eigenvalue weighted by atomic mass is 9.72. The predicted molar refractivity (Wildman–Crippen MR) is 150 cm³/mol. The Morgan fingerprint density at radius 1 is 0.973 bits per heavy atom. The van der Waals surface area contributed by atoms with Gasteiger partial charge in [-0.3, -0.25) is 4.79 Å². The second-order valence-electron chi connectivity index (χ2n) is 11.4. The lowest BCUT2D eigenvalue weighted by Gasteiger charge is -2.33. The fourth-order valence-corrected chi connectivity index (χ4v) is 6.36. The minimum atomic E-state index is -0.403. The Kier molecular flexibility index (Phi) is 7.79.